The molecule has 228 valence electrons. The average Bonchev–Trinajstić information content (AvgIpc) is 3.57. The average molecular weight is 583 g/mol. The smallest absolute Gasteiger partial charge is 0.340 e. The topological polar surface area (TPSA) is 146 Å². The zero-order valence-corrected chi connectivity index (χ0v) is 25.4. The van der Waals surface area contributed by atoms with E-state index >= 15 is 0 Å². The molecular formula is C29H42N8O5. The van der Waals surface area contributed by atoms with Gasteiger partial charge in [0.05, 0.1) is 30.9 Å². The minimum Gasteiger partial charge on any atom is -0.462 e. The molecule has 0 saturated carbocycles. The van der Waals surface area contributed by atoms with E-state index in [4.69, 9.17) is 14.2 Å². The SMILES string of the molecule is CCCCNc1ncnn2cc(C(=O)OCC)c(CC)c12.CCOC(=O)c1cn2ncnc(NCCOC)c2c1CC. The summed E-state index contributed by atoms with van der Waals surface area (Å²) in [5, 5.41) is 14.9. The molecule has 0 unspecified atom stereocenters. The highest BCUT2D eigenvalue weighted by molar-refractivity contribution is 5.96. The number of hydrogen-bond acceptors (Lipinski definition) is 11. The van der Waals surface area contributed by atoms with Crippen molar-refractivity contribution in [2.24, 2.45) is 0 Å². The molecule has 42 heavy (non-hydrogen) atoms. The molecule has 2 N–H and O–H groups in total. The van der Waals surface area contributed by atoms with Crippen LogP contribution in [0.2, 0.25) is 0 Å². The van der Waals surface area contributed by atoms with Crippen molar-refractivity contribution in [2.45, 2.75) is 60.3 Å². The van der Waals surface area contributed by atoms with Gasteiger partial charge in [-0.1, -0.05) is 27.2 Å². The van der Waals surface area contributed by atoms with Gasteiger partial charge in [-0.15, -0.1) is 0 Å². The Kier molecular flexibility index (Phi) is 12.5. The number of ether oxygens (including phenoxy) is 3. The zero-order valence-electron chi connectivity index (χ0n) is 25.4. The standard InChI is InChI=1S/C15H22N4O2.C14H20N4O3/c1-4-7-8-16-14-13-11(5-2)12(15(20)21-6-3)9-19(13)18-10-17-14;1-4-10-11(14(19)21-5-2)8-18-12(10)13(16-9-17-18)15-6-7-20-3/h9-10H,4-8H2,1-3H3,(H,16,17,18);8-9H,4-7H2,1-3H3,(H,15,16,17). The molecule has 13 nitrogen and oxygen atoms in total. The molecular weight excluding hydrogens is 540 g/mol. The summed E-state index contributed by atoms with van der Waals surface area (Å²) in [4.78, 5) is 32.7. The quantitative estimate of drug-likeness (QED) is 0.163. The summed E-state index contributed by atoms with van der Waals surface area (Å²) in [6.45, 7) is 12.5. The molecule has 0 fully saturated rings. The number of rotatable bonds is 14. The summed E-state index contributed by atoms with van der Waals surface area (Å²) >= 11 is 0. The van der Waals surface area contributed by atoms with Gasteiger partial charge in [0.15, 0.2) is 11.6 Å². The lowest BCUT2D eigenvalue weighted by Crippen LogP contribution is -2.11. The van der Waals surface area contributed by atoms with E-state index in [1.165, 1.54) is 12.7 Å². The molecule has 0 saturated heterocycles. The highest BCUT2D eigenvalue weighted by Gasteiger charge is 2.21. The number of nitrogens with one attached hydrogen (secondary N) is 2. The van der Waals surface area contributed by atoms with E-state index in [1.54, 1.807) is 42.4 Å². The number of esters is 2. The fourth-order valence-electron chi connectivity index (χ4n) is 4.55. The van der Waals surface area contributed by atoms with Crippen LogP contribution in [0.1, 0.15) is 79.3 Å². The van der Waals surface area contributed by atoms with Crippen LogP contribution in [0, 0.1) is 0 Å². The lowest BCUT2D eigenvalue weighted by Gasteiger charge is -2.08. The molecule has 4 rings (SSSR count). The van der Waals surface area contributed by atoms with Crippen LogP contribution < -0.4 is 10.6 Å². The van der Waals surface area contributed by atoms with E-state index in [0.717, 1.165) is 53.8 Å². The first-order valence-corrected chi connectivity index (χ1v) is 14.5. The molecule has 0 amide bonds. The third-order valence-corrected chi connectivity index (χ3v) is 6.48. The highest BCUT2D eigenvalue weighted by atomic mass is 16.5. The summed E-state index contributed by atoms with van der Waals surface area (Å²) in [6.07, 6.45) is 9.96. The van der Waals surface area contributed by atoms with Crippen LogP contribution in [0.3, 0.4) is 0 Å². The van der Waals surface area contributed by atoms with Crippen molar-refractivity contribution >= 4 is 34.6 Å². The molecule has 0 radical (unpaired) electrons. The Labute approximate surface area is 246 Å². The fourth-order valence-corrected chi connectivity index (χ4v) is 4.55. The summed E-state index contributed by atoms with van der Waals surface area (Å²) in [5.41, 5.74) is 4.58. The maximum atomic E-state index is 12.1. The van der Waals surface area contributed by atoms with Gasteiger partial charge < -0.3 is 24.8 Å². The second-order valence-corrected chi connectivity index (χ2v) is 9.19. The van der Waals surface area contributed by atoms with Crippen molar-refractivity contribution in [3.05, 3.63) is 47.3 Å². The number of methoxy groups -OCH3 is 1. The Hall–Kier alpha value is -4.26. The van der Waals surface area contributed by atoms with Crippen LogP contribution in [0.4, 0.5) is 11.6 Å². The first-order chi connectivity index (χ1) is 20.4. The van der Waals surface area contributed by atoms with Crippen LogP contribution in [-0.2, 0) is 27.1 Å². The summed E-state index contributed by atoms with van der Waals surface area (Å²) < 4.78 is 18.6. The second-order valence-electron chi connectivity index (χ2n) is 9.19. The lowest BCUT2D eigenvalue weighted by atomic mass is 10.1. The molecule has 4 heterocycles. The Morgan fingerprint density at radius 1 is 0.762 bits per heavy atom. The first kappa shape index (κ1) is 32.3. The van der Waals surface area contributed by atoms with Gasteiger partial charge in [-0.2, -0.15) is 10.2 Å². The number of unbranched alkanes of at least 4 members (excludes halogenated alkanes) is 1. The molecule has 0 bridgehead atoms. The zero-order chi connectivity index (χ0) is 30.5. The number of hydrogen-bond donors (Lipinski definition) is 2. The molecule has 13 heteroatoms. The van der Waals surface area contributed by atoms with Crippen molar-refractivity contribution in [3.63, 3.8) is 0 Å². The van der Waals surface area contributed by atoms with E-state index in [-0.39, 0.29) is 11.9 Å². The van der Waals surface area contributed by atoms with Gasteiger partial charge in [0, 0.05) is 32.6 Å². The van der Waals surface area contributed by atoms with Crippen molar-refractivity contribution in [3.8, 4) is 0 Å². The van der Waals surface area contributed by atoms with Gasteiger partial charge in [-0.05, 0) is 44.2 Å². The third kappa shape index (κ3) is 7.52. The second kappa shape index (κ2) is 16.2. The molecule has 0 atom stereocenters. The maximum Gasteiger partial charge on any atom is 0.340 e. The predicted octanol–water partition coefficient (Wildman–Crippen LogP) is 4.21. The normalized spacial score (nSPS) is 10.8. The number of anilines is 2. The molecule has 0 spiro atoms. The number of carbonyl (C=O) groups is 2. The lowest BCUT2D eigenvalue weighted by molar-refractivity contribution is 0.0515. The molecule has 0 aliphatic heterocycles. The van der Waals surface area contributed by atoms with Crippen molar-refractivity contribution in [1.82, 2.24) is 29.2 Å². The first-order valence-electron chi connectivity index (χ1n) is 14.5. The van der Waals surface area contributed by atoms with Crippen LogP contribution in [0.15, 0.2) is 25.0 Å². The van der Waals surface area contributed by atoms with Crippen LogP contribution in [-0.4, -0.2) is 81.2 Å². The molecule has 4 aromatic heterocycles. The molecule has 4 aromatic rings. The third-order valence-electron chi connectivity index (χ3n) is 6.48. The van der Waals surface area contributed by atoms with Gasteiger partial charge in [-0.3, -0.25) is 0 Å². The van der Waals surface area contributed by atoms with Crippen molar-refractivity contribution < 1.29 is 23.8 Å². The van der Waals surface area contributed by atoms with E-state index in [9.17, 15) is 9.59 Å². The Morgan fingerprint density at radius 2 is 1.24 bits per heavy atom. The van der Waals surface area contributed by atoms with E-state index < -0.39 is 0 Å². The van der Waals surface area contributed by atoms with Crippen LogP contribution in [0.5, 0.6) is 0 Å². The van der Waals surface area contributed by atoms with E-state index in [0.29, 0.717) is 49.7 Å². The Bertz CT molecular complexity index is 1360. The molecule has 0 aliphatic carbocycles. The number of nitrogens with zero attached hydrogens (tertiary/aromatic N) is 6. The van der Waals surface area contributed by atoms with Crippen molar-refractivity contribution in [1.29, 1.82) is 0 Å². The van der Waals surface area contributed by atoms with Gasteiger partial charge in [0.1, 0.15) is 23.7 Å². The molecule has 0 aliphatic rings. The number of carbonyl (C=O) groups excluding carboxylic acids is 2. The van der Waals surface area contributed by atoms with Crippen LogP contribution >= 0.6 is 0 Å². The summed E-state index contributed by atoms with van der Waals surface area (Å²) in [6, 6.07) is 0. The van der Waals surface area contributed by atoms with Gasteiger partial charge in [0.25, 0.3) is 0 Å². The number of aryl methyl sites for hydroxylation is 2. The highest BCUT2D eigenvalue weighted by Crippen LogP contribution is 2.26. The monoisotopic (exact) mass is 582 g/mol. The Balaban J connectivity index is 0.000000230. The van der Waals surface area contributed by atoms with E-state index in [1.807, 2.05) is 13.8 Å². The fraction of sp³-hybridized carbons (Fsp3) is 0.517. The largest absolute Gasteiger partial charge is 0.462 e. The van der Waals surface area contributed by atoms with Crippen molar-refractivity contribution in [2.75, 3.05) is 50.7 Å². The maximum absolute atomic E-state index is 12.1. The minimum absolute atomic E-state index is 0.306. The predicted molar refractivity (Wildman–Crippen MR) is 160 cm³/mol. The summed E-state index contributed by atoms with van der Waals surface area (Å²) in [7, 11) is 1.64. The van der Waals surface area contributed by atoms with Crippen LogP contribution in [0.25, 0.3) is 11.0 Å². The van der Waals surface area contributed by atoms with Gasteiger partial charge >= 0.3 is 11.9 Å². The van der Waals surface area contributed by atoms with E-state index in [2.05, 4.69) is 37.7 Å². The summed E-state index contributed by atoms with van der Waals surface area (Å²) in [5.74, 6) is 0.822. The van der Waals surface area contributed by atoms with Gasteiger partial charge in [0.2, 0.25) is 0 Å². The van der Waals surface area contributed by atoms with Gasteiger partial charge in [-0.25, -0.2) is 28.6 Å². The number of fused-ring (bicyclic) bond motifs is 2. The molecule has 0 aromatic carbocycles. The minimum atomic E-state index is -0.331. The number of aromatic nitrogens is 6. The Morgan fingerprint density at radius 3 is 1.64 bits per heavy atom.